The summed E-state index contributed by atoms with van der Waals surface area (Å²) in [6.07, 6.45) is 1.52. The summed E-state index contributed by atoms with van der Waals surface area (Å²) in [6.45, 7) is 4.18. The maximum absolute atomic E-state index is 12.2. The average Bonchev–Trinajstić information content (AvgIpc) is 2.90. The molecule has 5 nitrogen and oxygen atoms in total. The van der Waals surface area contributed by atoms with Crippen LogP contribution in [0, 0.1) is 13.8 Å². The fourth-order valence-electron chi connectivity index (χ4n) is 2.23. The molecule has 1 N–H and O–H groups in total. The van der Waals surface area contributed by atoms with Crippen molar-refractivity contribution in [1.29, 1.82) is 0 Å². The molecule has 1 aromatic carbocycles. The van der Waals surface area contributed by atoms with Crippen molar-refractivity contribution in [2.45, 2.75) is 20.4 Å². The fraction of sp³-hybridized carbons (Fsp3) is 0.188. The third-order valence-electron chi connectivity index (χ3n) is 3.45. The van der Waals surface area contributed by atoms with Gasteiger partial charge in [-0.3, -0.25) is 4.79 Å². The lowest BCUT2D eigenvalue weighted by molar-refractivity contribution is 0.0925. The smallest absolute Gasteiger partial charge is 0.287 e. The summed E-state index contributed by atoms with van der Waals surface area (Å²) in [4.78, 5) is 20.4. The number of fused-ring (bicyclic) bond motifs is 1. The van der Waals surface area contributed by atoms with Gasteiger partial charge in [-0.1, -0.05) is 18.2 Å². The summed E-state index contributed by atoms with van der Waals surface area (Å²) < 4.78 is 5.54. The zero-order valence-corrected chi connectivity index (χ0v) is 11.9. The third-order valence-corrected chi connectivity index (χ3v) is 3.45. The maximum atomic E-state index is 12.2. The number of furan rings is 1. The van der Waals surface area contributed by atoms with Crippen molar-refractivity contribution in [2.75, 3.05) is 0 Å². The van der Waals surface area contributed by atoms with Crippen molar-refractivity contribution in [3.8, 4) is 0 Å². The van der Waals surface area contributed by atoms with Gasteiger partial charge in [-0.25, -0.2) is 9.97 Å². The van der Waals surface area contributed by atoms with Gasteiger partial charge in [-0.05, 0) is 26.0 Å². The van der Waals surface area contributed by atoms with E-state index < -0.39 is 0 Å². The summed E-state index contributed by atoms with van der Waals surface area (Å²) in [6, 6.07) is 9.28. The van der Waals surface area contributed by atoms with Crippen LogP contribution in [-0.4, -0.2) is 15.9 Å². The summed E-state index contributed by atoms with van der Waals surface area (Å²) in [5, 5.41) is 3.76. The van der Waals surface area contributed by atoms with Gasteiger partial charge in [0.1, 0.15) is 11.9 Å². The van der Waals surface area contributed by atoms with Gasteiger partial charge in [0.15, 0.2) is 5.76 Å². The van der Waals surface area contributed by atoms with Crippen LogP contribution in [0.4, 0.5) is 0 Å². The van der Waals surface area contributed by atoms with Crippen molar-refractivity contribution in [1.82, 2.24) is 15.3 Å². The van der Waals surface area contributed by atoms with Crippen LogP contribution in [0.25, 0.3) is 11.0 Å². The van der Waals surface area contributed by atoms with Gasteiger partial charge in [0.05, 0.1) is 0 Å². The lowest BCUT2D eigenvalue weighted by Gasteiger charge is -2.08. The van der Waals surface area contributed by atoms with Gasteiger partial charge in [0.2, 0.25) is 0 Å². The lowest BCUT2D eigenvalue weighted by atomic mass is 10.1. The minimum Gasteiger partial charge on any atom is -0.451 e. The topological polar surface area (TPSA) is 68.0 Å². The Hall–Kier alpha value is -2.69. The first kappa shape index (κ1) is 13.3. The second-order valence-electron chi connectivity index (χ2n) is 4.85. The summed E-state index contributed by atoms with van der Waals surface area (Å²) in [5.41, 5.74) is 3.37. The third kappa shape index (κ3) is 2.63. The van der Waals surface area contributed by atoms with Crippen LogP contribution in [0.5, 0.6) is 0 Å². The van der Waals surface area contributed by atoms with E-state index in [0.717, 1.165) is 22.3 Å². The van der Waals surface area contributed by atoms with Gasteiger partial charge in [-0.15, -0.1) is 0 Å². The molecule has 0 aliphatic heterocycles. The van der Waals surface area contributed by atoms with E-state index in [1.165, 1.54) is 6.33 Å². The van der Waals surface area contributed by atoms with Crippen molar-refractivity contribution in [3.05, 3.63) is 59.4 Å². The van der Waals surface area contributed by atoms with E-state index in [2.05, 4.69) is 15.3 Å². The highest BCUT2D eigenvalue weighted by molar-refractivity contribution is 5.96. The molecule has 1 amide bonds. The summed E-state index contributed by atoms with van der Waals surface area (Å²) in [7, 11) is 0. The molecule has 5 heteroatoms. The number of aryl methyl sites for hydroxylation is 2. The number of aromatic nitrogens is 2. The van der Waals surface area contributed by atoms with E-state index in [1.54, 1.807) is 6.07 Å². The van der Waals surface area contributed by atoms with Gasteiger partial charge in [0.25, 0.3) is 5.91 Å². The maximum Gasteiger partial charge on any atom is 0.287 e. The molecule has 2 aromatic heterocycles. The van der Waals surface area contributed by atoms with E-state index in [1.807, 2.05) is 38.1 Å². The Morgan fingerprint density at radius 2 is 1.90 bits per heavy atom. The summed E-state index contributed by atoms with van der Waals surface area (Å²) >= 11 is 0. The number of amides is 1. The highest BCUT2D eigenvalue weighted by atomic mass is 16.3. The Kier molecular flexibility index (Phi) is 3.39. The number of hydrogen-bond acceptors (Lipinski definition) is 4. The normalized spacial score (nSPS) is 10.8. The van der Waals surface area contributed by atoms with Crippen molar-refractivity contribution in [2.24, 2.45) is 0 Å². The standard InChI is InChI=1S/C16H15N3O2/c1-10-13(11(2)19-9-18-10)8-17-16(20)15-7-12-5-3-4-6-14(12)21-15/h3-7,9H,8H2,1-2H3,(H,17,20). The van der Waals surface area contributed by atoms with E-state index >= 15 is 0 Å². The predicted molar refractivity (Wildman–Crippen MR) is 78.9 cm³/mol. The van der Waals surface area contributed by atoms with Crippen LogP contribution in [0.3, 0.4) is 0 Å². The molecule has 0 atom stereocenters. The number of nitrogens with one attached hydrogen (secondary N) is 1. The first-order valence-corrected chi connectivity index (χ1v) is 6.69. The lowest BCUT2D eigenvalue weighted by Crippen LogP contribution is -2.23. The van der Waals surface area contributed by atoms with Gasteiger partial charge in [-0.2, -0.15) is 0 Å². The first-order valence-electron chi connectivity index (χ1n) is 6.69. The van der Waals surface area contributed by atoms with Crippen LogP contribution in [0.1, 0.15) is 27.5 Å². The van der Waals surface area contributed by atoms with Crippen molar-refractivity contribution < 1.29 is 9.21 Å². The molecule has 0 aliphatic carbocycles. The molecular formula is C16H15N3O2. The number of benzene rings is 1. The molecule has 0 saturated carbocycles. The van der Waals surface area contributed by atoms with Gasteiger partial charge >= 0.3 is 0 Å². The highest BCUT2D eigenvalue weighted by Gasteiger charge is 2.13. The summed E-state index contributed by atoms with van der Waals surface area (Å²) in [5.74, 6) is 0.0669. The second-order valence-corrected chi connectivity index (χ2v) is 4.85. The molecule has 21 heavy (non-hydrogen) atoms. The number of para-hydroxylation sites is 1. The Bertz CT molecular complexity index is 755. The second kappa shape index (κ2) is 5.36. The number of carbonyl (C=O) groups is 1. The molecule has 0 radical (unpaired) electrons. The van der Waals surface area contributed by atoms with Gasteiger partial charge in [0, 0.05) is 28.9 Å². The van der Waals surface area contributed by atoms with E-state index in [-0.39, 0.29) is 5.91 Å². The number of hydrogen-bond donors (Lipinski definition) is 1. The molecule has 0 unspecified atom stereocenters. The molecule has 3 aromatic rings. The minimum absolute atomic E-state index is 0.242. The van der Waals surface area contributed by atoms with Crippen LogP contribution < -0.4 is 5.32 Å². The van der Waals surface area contributed by atoms with E-state index in [4.69, 9.17) is 4.42 Å². The molecule has 0 saturated heterocycles. The van der Waals surface area contributed by atoms with Crippen LogP contribution in [-0.2, 0) is 6.54 Å². The largest absolute Gasteiger partial charge is 0.451 e. The first-order chi connectivity index (χ1) is 10.1. The number of nitrogens with zero attached hydrogens (tertiary/aromatic N) is 2. The predicted octanol–water partition coefficient (Wildman–Crippen LogP) is 2.77. The van der Waals surface area contributed by atoms with Crippen molar-refractivity contribution in [3.63, 3.8) is 0 Å². The SMILES string of the molecule is Cc1ncnc(C)c1CNC(=O)c1cc2ccccc2o1. The van der Waals surface area contributed by atoms with Crippen molar-refractivity contribution >= 4 is 16.9 Å². The zero-order valence-electron chi connectivity index (χ0n) is 11.9. The molecule has 0 bridgehead atoms. The number of carbonyl (C=O) groups excluding carboxylic acids is 1. The zero-order chi connectivity index (χ0) is 14.8. The Balaban J connectivity index is 1.77. The number of rotatable bonds is 3. The van der Waals surface area contributed by atoms with E-state index in [0.29, 0.717) is 17.9 Å². The molecule has 0 spiro atoms. The molecule has 0 aliphatic rings. The fourth-order valence-corrected chi connectivity index (χ4v) is 2.23. The minimum atomic E-state index is -0.242. The highest BCUT2D eigenvalue weighted by Crippen LogP contribution is 2.18. The average molecular weight is 281 g/mol. The van der Waals surface area contributed by atoms with E-state index in [9.17, 15) is 4.79 Å². The molecule has 2 heterocycles. The van der Waals surface area contributed by atoms with Crippen LogP contribution in [0.15, 0.2) is 41.1 Å². The van der Waals surface area contributed by atoms with Crippen LogP contribution >= 0.6 is 0 Å². The molecule has 106 valence electrons. The molecule has 0 fully saturated rings. The Morgan fingerprint density at radius 3 is 2.62 bits per heavy atom. The molecular weight excluding hydrogens is 266 g/mol. The van der Waals surface area contributed by atoms with Crippen LogP contribution in [0.2, 0.25) is 0 Å². The monoisotopic (exact) mass is 281 g/mol. The quantitative estimate of drug-likeness (QED) is 0.801. The Labute approximate surface area is 122 Å². The van der Waals surface area contributed by atoms with Gasteiger partial charge < -0.3 is 9.73 Å². The molecule has 3 rings (SSSR count). The Morgan fingerprint density at radius 1 is 1.19 bits per heavy atom.